The molecule has 250 valence electrons. The van der Waals surface area contributed by atoms with Crippen LogP contribution < -0.4 is 15.4 Å². The molecule has 1 aliphatic rings. The Morgan fingerprint density at radius 1 is 1.13 bits per heavy atom. The van der Waals surface area contributed by atoms with Crippen LogP contribution in [0.25, 0.3) is 0 Å². The molecule has 4 rings (SSSR count). The van der Waals surface area contributed by atoms with E-state index in [1.54, 1.807) is 36.9 Å². The highest BCUT2D eigenvalue weighted by Crippen LogP contribution is 2.29. The first-order valence-corrected chi connectivity index (χ1v) is 16.1. The Hall–Kier alpha value is -3.93. The van der Waals surface area contributed by atoms with Crippen LogP contribution in [0.5, 0.6) is 5.75 Å². The zero-order valence-electron chi connectivity index (χ0n) is 27.9. The van der Waals surface area contributed by atoms with Crippen molar-refractivity contribution in [1.29, 1.82) is 0 Å². The SMILES string of the molecule is Cc1noc(C)c1NC(=O)Nc1ccc2c(c1)C(=O)N([C@@H](C)CO)C[C@H](C)[C@H](CN(C)Cc1ccccc1)OCCCC[C@H](C)O2. The van der Waals surface area contributed by atoms with Crippen LogP contribution >= 0.6 is 0 Å². The van der Waals surface area contributed by atoms with Gasteiger partial charge in [0, 0.05) is 37.8 Å². The van der Waals surface area contributed by atoms with E-state index in [1.165, 1.54) is 5.56 Å². The summed E-state index contributed by atoms with van der Waals surface area (Å²) >= 11 is 0. The first-order valence-electron chi connectivity index (χ1n) is 16.1. The number of likely N-dealkylation sites (N-methyl/N-ethyl adjacent to an activating group) is 1. The third-order valence-electron chi connectivity index (χ3n) is 8.37. The van der Waals surface area contributed by atoms with E-state index in [0.717, 1.165) is 25.8 Å². The number of carbonyl (C=O) groups excluding carboxylic acids is 2. The maximum atomic E-state index is 14.3. The van der Waals surface area contributed by atoms with Gasteiger partial charge >= 0.3 is 6.03 Å². The number of aliphatic hydroxyl groups excluding tert-OH is 1. The quantitative estimate of drug-likeness (QED) is 0.281. The number of ether oxygens (including phenoxy) is 2. The molecule has 46 heavy (non-hydrogen) atoms. The van der Waals surface area contributed by atoms with Crippen molar-refractivity contribution in [3.8, 4) is 5.75 Å². The Labute approximate surface area is 272 Å². The van der Waals surface area contributed by atoms with Crippen LogP contribution in [-0.4, -0.2) is 83.6 Å². The lowest BCUT2D eigenvalue weighted by Crippen LogP contribution is -2.47. The summed E-state index contributed by atoms with van der Waals surface area (Å²) in [5.74, 6) is 0.596. The summed E-state index contributed by atoms with van der Waals surface area (Å²) in [7, 11) is 2.08. The third kappa shape index (κ3) is 9.54. The molecule has 0 saturated heterocycles. The van der Waals surface area contributed by atoms with Gasteiger partial charge in [-0.25, -0.2) is 4.79 Å². The van der Waals surface area contributed by atoms with Gasteiger partial charge in [-0.3, -0.25) is 9.69 Å². The minimum Gasteiger partial charge on any atom is -0.490 e. The molecule has 3 aromatic rings. The second-order valence-corrected chi connectivity index (χ2v) is 12.5. The lowest BCUT2D eigenvalue weighted by molar-refractivity contribution is -0.0177. The number of hydrogen-bond donors (Lipinski definition) is 3. The van der Waals surface area contributed by atoms with Gasteiger partial charge in [-0.1, -0.05) is 42.4 Å². The molecule has 0 saturated carbocycles. The molecule has 0 unspecified atom stereocenters. The Kier molecular flexibility index (Phi) is 12.6. The van der Waals surface area contributed by atoms with E-state index >= 15 is 0 Å². The van der Waals surface area contributed by atoms with Crippen LogP contribution in [0.1, 0.15) is 67.4 Å². The van der Waals surface area contributed by atoms with Gasteiger partial charge in [0.05, 0.1) is 30.4 Å². The zero-order chi connectivity index (χ0) is 33.2. The van der Waals surface area contributed by atoms with E-state index in [0.29, 0.717) is 53.8 Å². The van der Waals surface area contributed by atoms with Crippen LogP contribution in [0, 0.1) is 19.8 Å². The molecular formula is C35H49N5O6. The van der Waals surface area contributed by atoms with E-state index in [4.69, 9.17) is 14.0 Å². The lowest BCUT2D eigenvalue weighted by Gasteiger charge is -2.36. The molecule has 0 radical (unpaired) electrons. The van der Waals surface area contributed by atoms with Crippen molar-refractivity contribution >= 4 is 23.3 Å². The first-order chi connectivity index (χ1) is 22.0. The highest BCUT2D eigenvalue weighted by molar-refractivity contribution is 6.03. The molecule has 3 amide bonds. The van der Waals surface area contributed by atoms with Crippen molar-refractivity contribution in [1.82, 2.24) is 15.0 Å². The number of fused-ring (bicyclic) bond motifs is 1. The predicted molar refractivity (Wildman–Crippen MR) is 178 cm³/mol. The summed E-state index contributed by atoms with van der Waals surface area (Å²) < 4.78 is 17.9. The fraction of sp³-hybridized carbons (Fsp3) is 0.514. The maximum Gasteiger partial charge on any atom is 0.323 e. The normalized spacial score (nSPS) is 20.4. The van der Waals surface area contributed by atoms with Gasteiger partial charge in [-0.15, -0.1) is 0 Å². The summed E-state index contributed by atoms with van der Waals surface area (Å²) in [6.07, 6.45) is 2.33. The highest BCUT2D eigenvalue weighted by atomic mass is 16.5. The lowest BCUT2D eigenvalue weighted by atomic mass is 10.0. The molecule has 1 aromatic heterocycles. The van der Waals surface area contributed by atoms with Gasteiger partial charge in [-0.05, 0) is 77.8 Å². The number of aryl methyl sites for hydroxylation is 2. The molecule has 2 aromatic carbocycles. The van der Waals surface area contributed by atoms with Crippen LogP contribution in [0.4, 0.5) is 16.2 Å². The molecule has 0 bridgehead atoms. The molecular weight excluding hydrogens is 586 g/mol. The Bertz CT molecular complexity index is 1410. The average molecular weight is 636 g/mol. The molecule has 2 heterocycles. The summed E-state index contributed by atoms with van der Waals surface area (Å²) in [5, 5.41) is 19.7. The van der Waals surface area contributed by atoms with Gasteiger partial charge in [0.25, 0.3) is 5.91 Å². The van der Waals surface area contributed by atoms with Crippen molar-refractivity contribution in [3.63, 3.8) is 0 Å². The van der Waals surface area contributed by atoms with E-state index in [9.17, 15) is 14.7 Å². The van der Waals surface area contributed by atoms with Crippen molar-refractivity contribution in [3.05, 3.63) is 71.1 Å². The number of aliphatic hydroxyl groups is 1. The van der Waals surface area contributed by atoms with Gasteiger partial charge in [0.15, 0.2) is 5.76 Å². The van der Waals surface area contributed by atoms with E-state index < -0.39 is 12.1 Å². The number of benzene rings is 2. The fourth-order valence-electron chi connectivity index (χ4n) is 5.67. The number of anilines is 2. The molecule has 1 aliphatic heterocycles. The minimum atomic E-state index is -0.495. The molecule has 0 spiro atoms. The Balaban J connectivity index is 1.60. The van der Waals surface area contributed by atoms with Crippen molar-refractivity contribution in [2.75, 3.05) is 44.0 Å². The second kappa shape index (κ2) is 16.6. The molecule has 4 atom stereocenters. The van der Waals surface area contributed by atoms with Gasteiger partial charge in [-0.2, -0.15) is 0 Å². The molecule has 3 N–H and O–H groups in total. The summed E-state index contributed by atoms with van der Waals surface area (Å²) in [4.78, 5) is 31.2. The number of amides is 3. The molecule has 11 heteroatoms. The zero-order valence-corrected chi connectivity index (χ0v) is 27.9. The fourth-order valence-corrected chi connectivity index (χ4v) is 5.67. The second-order valence-electron chi connectivity index (χ2n) is 12.5. The average Bonchev–Trinajstić information content (AvgIpc) is 3.34. The minimum absolute atomic E-state index is 0.0375. The van der Waals surface area contributed by atoms with Crippen LogP contribution in [0.2, 0.25) is 0 Å². The Morgan fingerprint density at radius 3 is 2.59 bits per heavy atom. The van der Waals surface area contributed by atoms with E-state index in [-0.39, 0.29) is 30.6 Å². The van der Waals surface area contributed by atoms with Crippen molar-refractivity contribution < 1.29 is 28.7 Å². The van der Waals surface area contributed by atoms with E-state index in [1.807, 2.05) is 32.0 Å². The van der Waals surface area contributed by atoms with E-state index in [2.05, 4.69) is 46.8 Å². The largest absolute Gasteiger partial charge is 0.490 e. The number of carbonyl (C=O) groups is 2. The number of urea groups is 1. The third-order valence-corrected chi connectivity index (χ3v) is 8.37. The Morgan fingerprint density at radius 2 is 1.89 bits per heavy atom. The standard InChI is InChI=1S/C35H49N5O6/c1-23-19-40(24(2)22-41)34(42)30-18-29(36-35(43)37-33-26(4)38-46-27(33)5)15-16-31(30)45-25(3)12-10-11-17-44-32(23)21-39(6)20-28-13-8-7-9-14-28/h7-9,13-16,18,23-25,32,41H,10-12,17,19-22H2,1-6H3,(H2,36,37,43)/t23-,24-,25-,32-/m0/s1. The van der Waals surface area contributed by atoms with Gasteiger partial charge < -0.3 is 34.6 Å². The molecule has 0 aliphatic carbocycles. The monoisotopic (exact) mass is 635 g/mol. The topological polar surface area (TPSA) is 129 Å². The van der Waals surface area contributed by atoms with Gasteiger partial charge in [0.1, 0.15) is 17.1 Å². The summed E-state index contributed by atoms with van der Waals surface area (Å²) in [6, 6.07) is 14.4. The number of hydrogen-bond acceptors (Lipinski definition) is 8. The number of nitrogens with zero attached hydrogens (tertiary/aromatic N) is 3. The predicted octanol–water partition coefficient (Wildman–Crippen LogP) is 5.86. The van der Waals surface area contributed by atoms with Gasteiger partial charge in [0.2, 0.25) is 0 Å². The molecule has 0 fully saturated rings. The first kappa shape index (κ1) is 34.9. The number of nitrogens with one attached hydrogen (secondary N) is 2. The number of aromatic nitrogens is 1. The van der Waals surface area contributed by atoms with Crippen molar-refractivity contribution in [2.24, 2.45) is 5.92 Å². The van der Waals surface area contributed by atoms with Crippen molar-refractivity contribution in [2.45, 2.75) is 78.7 Å². The summed E-state index contributed by atoms with van der Waals surface area (Å²) in [5.41, 5.74) is 3.00. The highest BCUT2D eigenvalue weighted by Gasteiger charge is 2.30. The maximum absolute atomic E-state index is 14.3. The smallest absolute Gasteiger partial charge is 0.323 e. The van der Waals surface area contributed by atoms with Crippen LogP contribution in [0.3, 0.4) is 0 Å². The number of rotatable bonds is 8. The van der Waals surface area contributed by atoms with Crippen LogP contribution in [0.15, 0.2) is 53.1 Å². The van der Waals surface area contributed by atoms with Crippen LogP contribution in [-0.2, 0) is 11.3 Å². The molecule has 11 nitrogen and oxygen atoms in total. The summed E-state index contributed by atoms with van der Waals surface area (Å²) in [6.45, 7) is 11.6.